The van der Waals surface area contributed by atoms with Crippen LogP contribution >= 0.6 is 0 Å². The van der Waals surface area contributed by atoms with E-state index in [0.29, 0.717) is 19.8 Å². The molecule has 1 aromatic carbocycles. The number of rotatable bonds is 5. The van der Waals surface area contributed by atoms with E-state index in [0.717, 1.165) is 24.8 Å². The van der Waals surface area contributed by atoms with E-state index in [2.05, 4.69) is 19.1 Å². The predicted molar refractivity (Wildman–Crippen MR) is 75.2 cm³/mol. The molecule has 1 aromatic rings. The van der Waals surface area contributed by atoms with E-state index < -0.39 is 11.7 Å². The lowest BCUT2D eigenvalue weighted by atomic mass is 9.84. The lowest BCUT2D eigenvalue weighted by molar-refractivity contribution is -0.168. The summed E-state index contributed by atoms with van der Waals surface area (Å²) in [4.78, 5) is 0. The molecule has 2 rings (SSSR count). The Bertz CT molecular complexity index is 374. The third-order valence-electron chi connectivity index (χ3n) is 3.97. The maximum Gasteiger partial charge on any atom is 0.108 e. The summed E-state index contributed by atoms with van der Waals surface area (Å²) in [6.45, 7) is 6.04. The smallest absolute Gasteiger partial charge is 0.108 e. The number of hydrogen-bond acceptors (Lipinski definition) is 3. The molecule has 1 aliphatic heterocycles. The summed E-state index contributed by atoms with van der Waals surface area (Å²) in [5.41, 5.74) is 1.74. The molecule has 1 unspecified atom stereocenters. The first-order valence-corrected chi connectivity index (χ1v) is 7.20. The fourth-order valence-corrected chi connectivity index (χ4v) is 2.74. The van der Waals surface area contributed by atoms with Gasteiger partial charge in [0.25, 0.3) is 0 Å². The third-order valence-corrected chi connectivity index (χ3v) is 3.97. The molecule has 1 N–H and O–H groups in total. The Morgan fingerprint density at radius 2 is 1.84 bits per heavy atom. The van der Waals surface area contributed by atoms with Gasteiger partial charge in [-0.2, -0.15) is 0 Å². The van der Waals surface area contributed by atoms with Crippen LogP contribution in [0.1, 0.15) is 43.9 Å². The van der Waals surface area contributed by atoms with Crippen LogP contribution in [0.2, 0.25) is 0 Å². The highest BCUT2D eigenvalue weighted by Gasteiger charge is 2.41. The Morgan fingerprint density at radius 3 is 2.37 bits per heavy atom. The van der Waals surface area contributed by atoms with Crippen LogP contribution in [-0.4, -0.2) is 30.5 Å². The van der Waals surface area contributed by atoms with Crippen LogP contribution in [-0.2, 0) is 15.9 Å². The van der Waals surface area contributed by atoms with Crippen LogP contribution in [0.15, 0.2) is 24.3 Å². The van der Waals surface area contributed by atoms with Gasteiger partial charge in [-0.1, -0.05) is 31.2 Å². The van der Waals surface area contributed by atoms with Crippen LogP contribution in [0.5, 0.6) is 0 Å². The molecule has 1 fully saturated rings. The monoisotopic (exact) mass is 264 g/mol. The van der Waals surface area contributed by atoms with Crippen LogP contribution in [0.4, 0.5) is 0 Å². The van der Waals surface area contributed by atoms with Gasteiger partial charge in [-0.05, 0) is 24.5 Å². The first kappa shape index (κ1) is 14.5. The van der Waals surface area contributed by atoms with Crippen molar-refractivity contribution in [2.45, 2.75) is 44.8 Å². The average molecular weight is 264 g/mol. The molecular formula is C16H24O3. The zero-order chi connectivity index (χ0) is 13.7. The molecule has 0 radical (unpaired) electrons. The maximum atomic E-state index is 10.7. The van der Waals surface area contributed by atoms with Gasteiger partial charge < -0.3 is 14.6 Å². The van der Waals surface area contributed by atoms with Crippen molar-refractivity contribution in [3.05, 3.63) is 35.4 Å². The number of aliphatic hydroxyl groups excluding tert-OH is 1. The Kier molecular flexibility index (Phi) is 4.97. The van der Waals surface area contributed by atoms with Gasteiger partial charge in [-0.15, -0.1) is 0 Å². The molecule has 106 valence electrons. The normalized spacial score (nSPS) is 20.2. The summed E-state index contributed by atoms with van der Waals surface area (Å²) in [7, 11) is 0. The topological polar surface area (TPSA) is 38.7 Å². The molecule has 0 amide bonds. The fraction of sp³-hybridized carbons (Fsp3) is 0.625. The summed E-state index contributed by atoms with van der Waals surface area (Å²) >= 11 is 0. The van der Waals surface area contributed by atoms with Crippen LogP contribution in [0.3, 0.4) is 0 Å². The predicted octanol–water partition coefficient (Wildman–Crippen LogP) is 2.87. The minimum Gasteiger partial charge on any atom is -0.385 e. The van der Waals surface area contributed by atoms with Gasteiger partial charge in [0.15, 0.2) is 0 Å². The van der Waals surface area contributed by atoms with Crippen molar-refractivity contribution < 1.29 is 14.6 Å². The van der Waals surface area contributed by atoms with Crippen molar-refractivity contribution >= 4 is 0 Å². The highest BCUT2D eigenvalue weighted by atomic mass is 16.5. The SMILES string of the molecule is CCOC1(C(O)c2ccc(CC)cc2)CCOCC1. The Balaban J connectivity index is 2.19. The Morgan fingerprint density at radius 1 is 1.21 bits per heavy atom. The number of ether oxygens (including phenoxy) is 2. The first-order chi connectivity index (χ1) is 9.22. The van der Waals surface area contributed by atoms with Crippen molar-refractivity contribution in [3.8, 4) is 0 Å². The number of hydrogen-bond donors (Lipinski definition) is 1. The molecule has 1 atom stereocenters. The molecule has 3 nitrogen and oxygen atoms in total. The summed E-state index contributed by atoms with van der Waals surface area (Å²) in [6.07, 6.45) is 1.93. The van der Waals surface area contributed by atoms with E-state index in [1.165, 1.54) is 5.56 Å². The Hall–Kier alpha value is -0.900. The maximum absolute atomic E-state index is 10.7. The zero-order valence-electron chi connectivity index (χ0n) is 11.9. The van der Waals surface area contributed by atoms with Gasteiger partial charge in [0.2, 0.25) is 0 Å². The van der Waals surface area contributed by atoms with E-state index >= 15 is 0 Å². The van der Waals surface area contributed by atoms with Crippen LogP contribution in [0, 0.1) is 0 Å². The summed E-state index contributed by atoms with van der Waals surface area (Å²) in [6, 6.07) is 8.19. The molecule has 1 saturated heterocycles. The highest BCUT2D eigenvalue weighted by Crippen LogP contribution is 2.37. The van der Waals surface area contributed by atoms with Crippen LogP contribution < -0.4 is 0 Å². The van der Waals surface area contributed by atoms with E-state index in [-0.39, 0.29) is 0 Å². The van der Waals surface area contributed by atoms with Crippen molar-refractivity contribution in [1.29, 1.82) is 0 Å². The van der Waals surface area contributed by atoms with Gasteiger partial charge in [-0.3, -0.25) is 0 Å². The number of benzene rings is 1. The van der Waals surface area contributed by atoms with E-state index in [1.807, 2.05) is 19.1 Å². The number of aliphatic hydroxyl groups is 1. The Labute approximate surface area is 115 Å². The second kappa shape index (κ2) is 6.51. The lowest BCUT2D eigenvalue weighted by Crippen LogP contribution is -2.44. The molecular weight excluding hydrogens is 240 g/mol. The standard InChI is InChI=1S/C16H24O3/c1-3-13-5-7-14(8-6-13)15(17)16(19-4-2)9-11-18-12-10-16/h5-8,15,17H,3-4,9-12H2,1-2H3. The minimum absolute atomic E-state index is 0.485. The fourth-order valence-electron chi connectivity index (χ4n) is 2.74. The van der Waals surface area contributed by atoms with Gasteiger partial charge in [0.1, 0.15) is 11.7 Å². The molecule has 0 bridgehead atoms. The molecule has 1 heterocycles. The second-order valence-corrected chi connectivity index (χ2v) is 5.11. The highest BCUT2D eigenvalue weighted by molar-refractivity contribution is 5.26. The summed E-state index contributed by atoms with van der Waals surface area (Å²) in [5, 5.41) is 10.7. The number of aryl methyl sites for hydroxylation is 1. The van der Waals surface area contributed by atoms with Gasteiger partial charge >= 0.3 is 0 Å². The quantitative estimate of drug-likeness (QED) is 0.888. The van der Waals surface area contributed by atoms with E-state index in [4.69, 9.17) is 9.47 Å². The zero-order valence-corrected chi connectivity index (χ0v) is 11.9. The van der Waals surface area contributed by atoms with Crippen molar-refractivity contribution in [2.24, 2.45) is 0 Å². The molecule has 19 heavy (non-hydrogen) atoms. The third kappa shape index (κ3) is 3.16. The van der Waals surface area contributed by atoms with Crippen molar-refractivity contribution in [2.75, 3.05) is 19.8 Å². The van der Waals surface area contributed by atoms with Gasteiger partial charge in [-0.25, -0.2) is 0 Å². The largest absolute Gasteiger partial charge is 0.385 e. The molecule has 0 aromatic heterocycles. The van der Waals surface area contributed by atoms with Crippen molar-refractivity contribution in [1.82, 2.24) is 0 Å². The van der Waals surface area contributed by atoms with Gasteiger partial charge in [0, 0.05) is 32.7 Å². The minimum atomic E-state index is -0.581. The molecule has 0 aliphatic carbocycles. The van der Waals surface area contributed by atoms with Gasteiger partial charge in [0.05, 0.1) is 0 Å². The van der Waals surface area contributed by atoms with E-state index in [9.17, 15) is 5.11 Å². The molecule has 1 aliphatic rings. The molecule has 0 saturated carbocycles. The molecule has 0 spiro atoms. The molecule has 3 heteroatoms. The lowest BCUT2D eigenvalue weighted by Gasteiger charge is -2.40. The summed E-state index contributed by atoms with van der Waals surface area (Å²) < 4.78 is 11.3. The summed E-state index contributed by atoms with van der Waals surface area (Å²) in [5.74, 6) is 0. The second-order valence-electron chi connectivity index (χ2n) is 5.11. The average Bonchev–Trinajstić information content (AvgIpc) is 2.48. The van der Waals surface area contributed by atoms with Crippen LogP contribution in [0.25, 0.3) is 0 Å². The first-order valence-electron chi connectivity index (χ1n) is 7.20. The van der Waals surface area contributed by atoms with Crippen molar-refractivity contribution in [3.63, 3.8) is 0 Å². The van der Waals surface area contributed by atoms with E-state index in [1.54, 1.807) is 0 Å².